The van der Waals surface area contributed by atoms with E-state index in [-0.39, 0.29) is 36.9 Å². The summed E-state index contributed by atoms with van der Waals surface area (Å²) in [6, 6.07) is 10.0. The minimum Gasteiger partial charge on any atom is -0.493 e. The molecule has 0 bridgehead atoms. The maximum Gasteiger partial charge on any atom is 0.416 e. The third-order valence-electron chi connectivity index (χ3n) is 7.02. The molecule has 0 spiro atoms. The second-order valence-corrected chi connectivity index (χ2v) is 9.38. The van der Waals surface area contributed by atoms with Crippen LogP contribution in [0.3, 0.4) is 0 Å². The Morgan fingerprint density at radius 2 is 1.62 bits per heavy atom. The molecule has 7 nitrogen and oxygen atoms in total. The van der Waals surface area contributed by atoms with E-state index in [4.69, 9.17) is 18.9 Å². The smallest absolute Gasteiger partial charge is 0.416 e. The molecular formula is C29H30F3NO6. The SMILES string of the molecule is COCCOC(=O)C1=C(C)NC2=C(C(=O)CC(c3ccc(OC)c(OC)c3)C2)C1c1ccc(C(F)(F)F)cc1. The van der Waals surface area contributed by atoms with Crippen molar-refractivity contribution in [3.8, 4) is 11.5 Å². The lowest BCUT2D eigenvalue weighted by atomic mass is 9.71. The van der Waals surface area contributed by atoms with E-state index in [1.54, 1.807) is 20.1 Å². The number of rotatable bonds is 8. The fraction of sp³-hybridized carbons (Fsp3) is 0.379. The Hall–Kier alpha value is -3.79. The largest absolute Gasteiger partial charge is 0.493 e. The van der Waals surface area contributed by atoms with Gasteiger partial charge in [-0.1, -0.05) is 18.2 Å². The number of esters is 1. The Bertz CT molecular complexity index is 1310. The number of carbonyl (C=O) groups excluding carboxylic acids is 2. The lowest BCUT2D eigenvalue weighted by Crippen LogP contribution is -2.36. The van der Waals surface area contributed by atoms with Gasteiger partial charge in [-0.3, -0.25) is 4.79 Å². The number of alkyl halides is 3. The Morgan fingerprint density at radius 1 is 0.949 bits per heavy atom. The molecule has 2 aromatic carbocycles. The summed E-state index contributed by atoms with van der Waals surface area (Å²) < 4.78 is 60.8. The minimum absolute atomic E-state index is 0.00687. The first-order valence-electron chi connectivity index (χ1n) is 12.4. The number of halogens is 3. The standard InChI is InChI=1S/C29H30F3NO6/c1-16-25(28(35)39-12-11-36-2)26(17-5-8-20(9-6-17)29(30,31)32)27-21(33-16)13-19(14-22(27)34)18-7-10-23(37-3)24(15-18)38-4/h5-10,15,19,26,33H,11-14H2,1-4H3. The number of ether oxygens (including phenoxy) is 4. The van der Waals surface area contributed by atoms with Gasteiger partial charge in [-0.2, -0.15) is 13.2 Å². The van der Waals surface area contributed by atoms with E-state index in [9.17, 15) is 22.8 Å². The summed E-state index contributed by atoms with van der Waals surface area (Å²) in [7, 11) is 4.55. The molecule has 1 N–H and O–H groups in total. The Balaban J connectivity index is 1.75. The summed E-state index contributed by atoms with van der Waals surface area (Å²) in [5.74, 6) is -0.820. The summed E-state index contributed by atoms with van der Waals surface area (Å²) in [6.45, 7) is 1.86. The summed E-state index contributed by atoms with van der Waals surface area (Å²) in [5, 5.41) is 3.23. The molecule has 0 aromatic heterocycles. The predicted molar refractivity (Wildman–Crippen MR) is 136 cm³/mol. The molecule has 0 fully saturated rings. The maximum atomic E-state index is 13.7. The average molecular weight is 546 g/mol. The van der Waals surface area contributed by atoms with Crippen LogP contribution in [0.1, 0.15) is 48.3 Å². The number of carbonyl (C=O) groups is 2. The second-order valence-electron chi connectivity index (χ2n) is 9.38. The Morgan fingerprint density at radius 3 is 2.23 bits per heavy atom. The summed E-state index contributed by atoms with van der Waals surface area (Å²) in [6.07, 6.45) is -3.91. The molecule has 2 unspecified atom stereocenters. The van der Waals surface area contributed by atoms with Crippen molar-refractivity contribution < 1.29 is 41.7 Å². The van der Waals surface area contributed by atoms with Crippen LogP contribution >= 0.6 is 0 Å². The quantitative estimate of drug-likeness (QED) is 0.357. The van der Waals surface area contributed by atoms with Crippen molar-refractivity contribution in [3.63, 3.8) is 0 Å². The molecule has 208 valence electrons. The van der Waals surface area contributed by atoms with Gasteiger partial charge < -0.3 is 24.3 Å². The predicted octanol–water partition coefficient (Wildman–Crippen LogP) is 5.27. The van der Waals surface area contributed by atoms with Crippen molar-refractivity contribution in [3.05, 3.63) is 81.7 Å². The van der Waals surface area contributed by atoms with E-state index in [1.807, 2.05) is 12.1 Å². The van der Waals surface area contributed by atoms with Gasteiger partial charge in [0.1, 0.15) is 6.61 Å². The van der Waals surface area contributed by atoms with Gasteiger partial charge in [0.15, 0.2) is 17.3 Å². The van der Waals surface area contributed by atoms with Gasteiger partial charge in [0, 0.05) is 36.4 Å². The molecule has 2 aliphatic rings. The van der Waals surface area contributed by atoms with Crippen molar-refractivity contribution in [2.45, 2.75) is 37.8 Å². The number of benzene rings is 2. The number of ketones is 1. The molecule has 10 heteroatoms. The molecule has 0 saturated heterocycles. The third-order valence-corrected chi connectivity index (χ3v) is 7.02. The number of allylic oxidation sites excluding steroid dienone is 3. The van der Waals surface area contributed by atoms with E-state index < -0.39 is 23.6 Å². The number of dihydropyridines is 1. The van der Waals surface area contributed by atoms with Crippen molar-refractivity contribution in [1.82, 2.24) is 5.32 Å². The molecule has 1 aliphatic carbocycles. The molecule has 1 aliphatic heterocycles. The molecule has 4 rings (SSSR count). The van der Waals surface area contributed by atoms with Gasteiger partial charge in [-0.05, 0) is 54.7 Å². The van der Waals surface area contributed by atoms with Crippen LogP contribution in [0.5, 0.6) is 11.5 Å². The van der Waals surface area contributed by atoms with Crippen molar-refractivity contribution >= 4 is 11.8 Å². The van der Waals surface area contributed by atoms with Crippen LogP contribution < -0.4 is 14.8 Å². The first kappa shape index (κ1) is 28.2. The summed E-state index contributed by atoms with van der Waals surface area (Å²) in [5.41, 5.74) is 2.10. The Kier molecular flexibility index (Phi) is 8.34. The highest BCUT2D eigenvalue weighted by atomic mass is 19.4. The zero-order chi connectivity index (χ0) is 28.3. The number of hydrogen-bond acceptors (Lipinski definition) is 7. The van der Waals surface area contributed by atoms with Crippen molar-refractivity contribution in [1.29, 1.82) is 0 Å². The van der Waals surface area contributed by atoms with E-state index in [2.05, 4.69) is 5.32 Å². The van der Waals surface area contributed by atoms with Crippen LogP contribution in [0.15, 0.2) is 65.0 Å². The fourth-order valence-electron chi connectivity index (χ4n) is 5.15. The van der Waals surface area contributed by atoms with Crippen LogP contribution in [0.2, 0.25) is 0 Å². The van der Waals surface area contributed by atoms with E-state index in [0.29, 0.717) is 40.5 Å². The zero-order valence-electron chi connectivity index (χ0n) is 22.1. The lowest BCUT2D eigenvalue weighted by Gasteiger charge is -2.37. The zero-order valence-corrected chi connectivity index (χ0v) is 22.1. The third kappa shape index (κ3) is 5.80. The number of methoxy groups -OCH3 is 3. The van der Waals surface area contributed by atoms with Crippen molar-refractivity contribution in [2.75, 3.05) is 34.5 Å². The number of Topliss-reactive ketones (excluding diaryl/α,β-unsaturated/α-hetero) is 1. The molecule has 1 heterocycles. The highest BCUT2D eigenvalue weighted by Crippen LogP contribution is 2.47. The van der Waals surface area contributed by atoms with E-state index >= 15 is 0 Å². The molecule has 2 aromatic rings. The fourth-order valence-corrected chi connectivity index (χ4v) is 5.15. The molecule has 39 heavy (non-hydrogen) atoms. The normalized spacial score (nSPS) is 19.4. The topological polar surface area (TPSA) is 83.1 Å². The second kappa shape index (κ2) is 11.5. The van der Waals surface area contributed by atoms with Gasteiger partial charge >= 0.3 is 12.1 Å². The van der Waals surface area contributed by atoms with Gasteiger partial charge in [-0.25, -0.2) is 4.79 Å². The first-order chi connectivity index (χ1) is 18.6. The summed E-state index contributed by atoms with van der Waals surface area (Å²) in [4.78, 5) is 26.9. The maximum absolute atomic E-state index is 13.7. The first-order valence-corrected chi connectivity index (χ1v) is 12.4. The Labute approximate surface area is 224 Å². The average Bonchev–Trinajstić information content (AvgIpc) is 2.91. The summed E-state index contributed by atoms with van der Waals surface area (Å²) >= 11 is 0. The monoisotopic (exact) mass is 545 g/mol. The molecule has 0 saturated carbocycles. The number of nitrogens with one attached hydrogen (secondary N) is 1. The van der Waals surface area contributed by atoms with Gasteiger partial charge in [0.2, 0.25) is 0 Å². The lowest BCUT2D eigenvalue weighted by molar-refractivity contribution is -0.141. The molecular weight excluding hydrogens is 515 g/mol. The van der Waals surface area contributed by atoms with Crippen LogP contribution in [0.4, 0.5) is 13.2 Å². The van der Waals surface area contributed by atoms with Crippen molar-refractivity contribution in [2.24, 2.45) is 0 Å². The van der Waals surface area contributed by atoms with Crippen LogP contribution in [-0.2, 0) is 25.2 Å². The van der Waals surface area contributed by atoms with E-state index in [0.717, 1.165) is 17.7 Å². The van der Waals surface area contributed by atoms with Crippen LogP contribution in [0, 0.1) is 0 Å². The minimum atomic E-state index is -4.52. The number of hydrogen-bond donors (Lipinski definition) is 1. The molecule has 0 radical (unpaired) electrons. The van der Waals surface area contributed by atoms with Gasteiger partial charge in [0.25, 0.3) is 0 Å². The van der Waals surface area contributed by atoms with Gasteiger partial charge in [0.05, 0.1) is 32.0 Å². The van der Waals surface area contributed by atoms with E-state index in [1.165, 1.54) is 26.4 Å². The van der Waals surface area contributed by atoms with Crippen LogP contribution in [0.25, 0.3) is 0 Å². The van der Waals surface area contributed by atoms with Gasteiger partial charge in [-0.15, -0.1) is 0 Å². The highest BCUT2D eigenvalue weighted by Gasteiger charge is 2.42. The molecule has 0 amide bonds. The highest BCUT2D eigenvalue weighted by molar-refractivity contribution is 6.04. The van der Waals surface area contributed by atoms with Crippen LogP contribution in [-0.4, -0.2) is 46.3 Å². The molecule has 2 atom stereocenters.